The van der Waals surface area contributed by atoms with Crippen LogP contribution in [0, 0.1) is 0 Å². The van der Waals surface area contributed by atoms with Gasteiger partial charge in [-0.3, -0.25) is 4.79 Å². The molecule has 5 nitrogen and oxygen atoms in total. The predicted octanol–water partition coefficient (Wildman–Crippen LogP) is 2.19. The zero-order valence-electron chi connectivity index (χ0n) is 10.9. The Balaban J connectivity index is 2.47. The molecule has 100 valence electrons. The summed E-state index contributed by atoms with van der Waals surface area (Å²) in [6.07, 6.45) is 0. The lowest BCUT2D eigenvalue weighted by Crippen LogP contribution is -2.17. The minimum absolute atomic E-state index is 0.204. The number of carbonyl (C=O) groups excluding carboxylic acids is 1. The SMILES string of the molecule is CNC(=O)c1csc(-c2cccc(OC)c2OC)n1. The summed E-state index contributed by atoms with van der Waals surface area (Å²) in [4.78, 5) is 15.8. The van der Waals surface area contributed by atoms with Crippen LogP contribution in [-0.4, -0.2) is 32.2 Å². The number of hydrogen-bond acceptors (Lipinski definition) is 5. The Morgan fingerprint density at radius 1 is 1.32 bits per heavy atom. The lowest BCUT2D eigenvalue weighted by atomic mass is 10.2. The molecule has 0 radical (unpaired) electrons. The summed E-state index contributed by atoms with van der Waals surface area (Å²) in [6, 6.07) is 5.56. The van der Waals surface area contributed by atoms with Crippen LogP contribution in [0.2, 0.25) is 0 Å². The molecule has 0 fully saturated rings. The summed E-state index contributed by atoms with van der Waals surface area (Å²) in [6.45, 7) is 0. The molecule has 1 heterocycles. The first-order chi connectivity index (χ1) is 9.21. The van der Waals surface area contributed by atoms with Crippen LogP contribution in [0.15, 0.2) is 23.6 Å². The second-order valence-corrected chi connectivity index (χ2v) is 4.52. The minimum Gasteiger partial charge on any atom is -0.493 e. The van der Waals surface area contributed by atoms with Crippen LogP contribution in [0.5, 0.6) is 11.5 Å². The largest absolute Gasteiger partial charge is 0.493 e. The number of hydrogen-bond donors (Lipinski definition) is 1. The number of amides is 1. The van der Waals surface area contributed by atoms with E-state index in [9.17, 15) is 4.79 Å². The summed E-state index contributed by atoms with van der Waals surface area (Å²) in [5.41, 5.74) is 1.20. The fraction of sp³-hybridized carbons (Fsp3) is 0.231. The van der Waals surface area contributed by atoms with Gasteiger partial charge in [0, 0.05) is 12.4 Å². The van der Waals surface area contributed by atoms with Crippen molar-refractivity contribution in [1.29, 1.82) is 0 Å². The van der Waals surface area contributed by atoms with Gasteiger partial charge in [-0.15, -0.1) is 11.3 Å². The van der Waals surface area contributed by atoms with Gasteiger partial charge in [-0.1, -0.05) is 6.07 Å². The maximum Gasteiger partial charge on any atom is 0.270 e. The molecule has 0 atom stereocenters. The first kappa shape index (κ1) is 13.4. The Morgan fingerprint density at radius 3 is 2.74 bits per heavy atom. The van der Waals surface area contributed by atoms with E-state index in [2.05, 4.69) is 10.3 Å². The van der Waals surface area contributed by atoms with Crippen molar-refractivity contribution in [2.75, 3.05) is 21.3 Å². The normalized spacial score (nSPS) is 10.1. The highest BCUT2D eigenvalue weighted by atomic mass is 32.1. The average molecular weight is 278 g/mol. The zero-order chi connectivity index (χ0) is 13.8. The molecule has 2 rings (SSSR count). The van der Waals surface area contributed by atoms with Crippen LogP contribution >= 0.6 is 11.3 Å². The first-order valence-electron chi connectivity index (χ1n) is 5.60. The zero-order valence-corrected chi connectivity index (χ0v) is 11.7. The maximum absolute atomic E-state index is 11.5. The van der Waals surface area contributed by atoms with Crippen molar-refractivity contribution >= 4 is 17.2 Å². The maximum atomic E-state index is 11.5. The Kier molecular flexibility index (Phi) is 4.01. The summed E-state index contributed by atoms with van der Waals surface area (Å²) >= 11 is 1.39. The third kappa shape index (κ3) is 2.53. The molecule has 0 unspecified atom stereocenters. The van der Waals surface area contributed by atoms with Gasteiger partial charge in [-0.25, -0.2) is 4.98 Å². The van der Waals surface area contributed by atoms with E-state index in [1.54, 1.807) is 26.6 Å². The number of rotatable bonds is 4. The topological polar surface area (TPSA) is 60.5 Å². The van der Waals surface area contributed by atoms with Crippen LogP contribution in [-0.2, 0) is 0 Å². The molecule has 0 aliphatic heterocycles. The molecular formula is C13H14N2O3S. The molecule has 0 saturated heterocycles. The van der Waals surface area contributed by atoms with Crippen molar-refractivity contribution in [3.8, 4) is 22.1 Å². The van der Waals surface area contributed by atoms with Gasteiger partial charge in [0.25, 0.3) is 5.91 Å². The quantitative estimate of drug-likeness (QED) is 0.931. The van der Waals surface area contributed by atoms with Gasteiger partial charge in [-0.05, 0) is 12.1 Å². The highest BCUT2D eigenvalue weighted by molar-refractivity contribution is 7.13. The number of methoxy groups -OCH3 is 2. The molecule has 0 aliphatic carbocycles. The molecule has 1 amide bonds. The number of nitrogens with one attached hydrogen (secondary N) is 1. The van der Waals surface area contributed by atoms with Gasteiger partial charge < -0.3 is 14.8 Å². The standard InChI is InChI=1S/C13H14N2O3S/c1-14-12(16)9-7-19-13(15-9)8-5-4-6-10(17-2)11(8)18-3/h4-7H,1-3H3,(H,14,16). The van der Waals surface area contributed by atoms with E-state index < -0.39 is 0 Å². The molecular weight excluding hydrogens is 264 g/mol. The van der Waals surface area contributed by atoms with E-state index in [-0.39, 0.29) is 5.91 Å². The van der Waals surface area contributed by atoms with Crippen molar-refractivity contribution in [3.05, 3.63) is 29.3 Å². The Morgan fingerprint density at radius 2 is 2.11 bits per heavy atom. The monoisotopic (exact) mass is 278 g/mol. The molecule has 0 spiro atoms. The van der Waals surface area contributed by atoms with Crippen LogP contribution in [0.1, 0.15) is 10.5 Å². The number of nitrogens with zero attached hydrogens (tertiary/aromatic N) is 1. The Bertz CT molecular complexity index is 595. The first-order valence-corrected chi connectivity index (χ1v) is 6.48. The van der Waals surface area contributed by atoms with Gasteiger partial charge in [0.15, 0.2) is 11.5 Å². The molecule has 0 bridgehead atoms. The van der Waals surface area contributed by atoms with Crippen LogP contribution in [0.25, 0.3) is 10.6 Å². The van der Waals surface area contributed by atoms with Crippen LogP contribution in [0.3, 0.4) is 0 Å². The second kappa shape index (κ2) is 5.71. The number of benzene rings is 1. The number of ether oxygens (including phenoxy) is 2. The van der Waals surface area contributed by atoms with E-state index in [1.165, 1.54) is 11.3 Å². The minimum atomic E-state index is -0.204. The highest BCUT2D eigenvalue weighted by Crippen LogP contribution is 2.38. The van der Waals surface area contributed by atoms with E-state index in [4.69, 9.17) is 9.47 Å². The molecule has 2 aromatic rings. The van der Waals surface area contributed by atoms with Crippen molar-refractivity contribution < 1.29 is 14.3 Å². The third-order valence-corrected chi connectivity index (χ3v) is 3.47. The van der Waals surface area contributed by atoms with Crippen molar-refractivity contribution in [1.82, 2.24) is 10.3 Å². The van der Waals surface area contributed by atoms with Gasteiger partial charge in [0.2, 0.25) is 0 Å². The van der Waals surface area contributed by atoms with Crippen molar-refractivity contribution in [2.45, 2.75) is 0 Å². The van der Waals surface area contributed by atoms with Crippen LogP contribution in [0.4, 0.5) is 0 Å². The van der Waals surface area contributed by atoms with Gasteiger partial charge in [0.05, 0.1) is 19.8 Å². The summed E-state index contributed by atoms with van der Waals surface area (Å²) < 4.78 is 10.6. The van der Waals surface area contributed by atoms with Crippen molar-refractivity contribution in [2.24, 2.45) is 0 Å². The fourth-order valence-electron chi connectivity index (χ4n) is 1.69. The molecule has 19 heavy (non-hydrogen) atoms. The molecule has 6 heteroatoms. The Hall–Kier alpha value is -2.08. The lowest BCUT2D eigenvalue weighted by Gasteiger charge is -2.10. The molecule has 0 saturated carbocycles. The van der Waals surface area contributed by atoms with Crippen molar-refractivity contribution in [3.63, 3.8) is 0 Å². The number of carbonyl (C=O) groups is 1. The van der Waals surface area contributed by atoms with E-state index in [1.807, 2.05) is 18.2 Å². The van der Waals surface area contributed by atoms with Gasteiger partial charge >= 0.3 is 0 Å². The molecule has 1 aromatic carbocycles. The van der Waals surface area contributed by atoms with Gasteiger partial charge in [0.1, 0.15) is 10.7 Å². The summed E-state index contributed by atoms with van der Waals surface area (Å²) in [5.74, 6) is 1.05. The number of aromatic nitrogens is 1. The Labute approximate surface area is 115 Å². The average Bonchev–Trinajstić information content (AvgIpc) is 2.95. The van der Waals surface area contributed by atoms with E-state index in [0.717, 1.165) is 5.56 Å². The lowest BCUT2D eigenvalue weighted by molar-refractivity contribution is 0.0959. The molecule has 1 aromatic heterocycles. The molecule has 0 aliphatic rings. The fourth-order valence-corrected chi connectivity index (χ4v) is 2.51. The van der Waals surface area contributed by atoms with Crippen LogP contribution < -0.4 is 14.8 Å². The third-order valence-electron chi connectivity index (χ3n) is 2.60. The van der Waals surface area contributed by atoms with E-state index >= 15 is 0 Å². The number of thiazole rings is 1. The molecule has 1 N–H and O–H groups in total. The predicted molar refractivity (Wildman–Crippen MR) is 74.0 cm³/mol. The highest BCUT2D eigenvalue weighted by Gasteiger charge is 2.16. The summed E-state index contributed by atoms with van der Waals surface area (Å²) in [5, 5.41) is 4.98. The second-order valence-electron chi connectivity index (χ2n) is 3.66. The number of para-hydroxylation sites is 1. The smallest absolute Gasteiger partial charge is 0.270 e. The summed E-state index contributed by atoms with van der Waals surface area (Å²) in [7, 11) is 4.74. The van der Waals surface area contributed by atoms with Gasteiger partial charge in [-0.2, -0.15) is 0 Å². The van der Waals surface area contributed by atoms with E-state index in [0.29, 0.717) is 22.2 Å².